The lowest BCUT2D eigenvalue weighted by Gasteiger charge is -2.23. The molecule has 3 aromatic carbocycles. The molecule has 6 nitrogen and oxygen atoms in total. The number of hydrogen-bond acceptors (Lipinski definition) is 6. The van der Waals surface area contributed by atoms with Gasteiger partial charge in [0.05, 0.1) is 0 Å². The minimum Gasteiger partial charge on any atom is -0.488 e. The first-order chi connectivity index (χ1) is 17.0. The monoisotopic (exact) mass is 490 g/mol. The number of carbonyl (C=O) groups excluding carboxylic acids is 2. The summed E-state index contributed by atoms with van der Waals surface area (Å²) in [6, 6.07) is 14.1. The van der Waals surface area contributed by atoms with Crippen molar-refractivity contribution in [3.63, 3.8) is 0 Å². The van der Waals surface area contributed by atoms with Crippen LogP contribution in [-0.4, -0.2) is 37.4 Å². The molecule has 0 radical (unpaired) electrons. The number of ether oxygens (including phenoxy) is 4. The Kier molecular flexibility index (Phi) is 8.41. The van der Waals surface area contributed by atoms with Crippen molar-refractivity contribution < 1.29 is 28.5 Å². The first-order valence-corrected chi connectivity index (χ1v) is 12.0. The van der Waals surface area contributed by atoms with Gasteiger partial charge in [-0.1, -0.05) is 70.3 Å². The van der Waals surface area contributed by atoms with E-state index in [0.717, 1.165) is 39.3 Å². The van der Waals surface area contributed by atoms with Gasteiger partial charge in [-0.25, -0.2) is 9.59 Å². The number of rotatable bonds is 10. The highest BCUT2D eigenvalue weighted by atomic mass is 16.6. The molecule has 36 heavy (non-hydrogen) atoms. The summed E-state index contributed by atoms with van der Waals surface area (Å²) >= 11 is 0. The summed E-state index contributed by atoms with van der Waals surface area (Å²) < 4.78 is 23.2. The Bertz CT molecular complexity index is 1280. The summed E-state index contributed by atoms with van der Waals surface area (Å²) in [6.07, 6.45) is 1.34. The van der Waals surface area contributed by atoms with E-state index in [9.17, 15) is 9.59 Å². The number of fused-ring (bicyclic) bond motifs is 2. The predicted octanol–water partition coefficient (Wildman–Crippen LogP) is 6.28. The summed E-state index contributed by atoms with van der Waals surface area (Å²) in [5, 5.41) is 3.48. The zero-order valence-electron chi connectivity index (χ0n) is 21.6. The molecule has 6 heteroatoms. The van der Waals surface area contributed by atoms with E-state index in [1.54, 1.807) is 13.8 Å². The van der Waals surface area contributed by atoms with Crippen molar-refractivity contribution in [2.45, 2.75) is 52.2 Å². The Morgan fingerprint density at radius 2 is 1.22 bits per heavy atom. The summed E-state index contributed by atoms with van der Waals surface area (Å²) in [5.74, 6) is 0.379. The molecule has 190 valence electrons. The highest BCUT2D eigenvalue weighted by molar-refractivity contribution is 6.11. The van der Waals surface area contributed by atoms with Gasteiger partial charge in [0.15, 0.2) is 0 Å². The second-order valence-corrected chi connectivity index (χ2v) is 9.74. The van der Waals surface area contributed by atoms with Crippen LogP contribution in [-0.2, 0) is 24.5 Å². The van der Waals surface area contributed by atoms with E-state index >= 15 is 0 Å². The zero-order valence-corrected chi connectivity index (χ0v) is 21.6. The van der Waals surface area contributed by atoms with Crippen molar-refractivity contribution in [2.24, 2.45) is 0 Å². The smallest absolute Gasteiger partial charge is 0.330 e. The lowest BCUT2D eigenvalue weighted by atomic mass is 9.85. The zero-order chi connectivity index (χ0) is 26.5. The van der Waals surface area contributed by atoms with Crippen LogP contribution in [0.15, 0.2) is 67.8 Å². The van der Waals surface area contributed by atoms with Crippen molar-refractivity contribution in [1.82, 2.24) is 0 Å². The van der Waals surface area contributed by atoms with Gasteiger partial charge in [0, 0.05) is 33.7 Å². The van der Waals surface area contributed by atoms with E-state index in [1.807, 2.05) is 30.3 Å². The van der Waals surface area contributed by atoms with Gasteiger partial charge in [-0.05, 0) is 30.9 Å². The molecule has 3 aromatic rings. The molecule has 0 aromatic heterocycles. The van der Waals surface area contributed by atoms with E-state index in [4.69, 9.17) is 18.9 Å². The van der Waals surface area contributed by atoms with Gasteiger partial charge in [-0.2, -0.15) is 0 Å². The largest absolute Gasteiger partial charge is 0.488 e. The molecule has 0 bridgehead atoms. The van der Waals surface area contributed by atoms with Crippen LogP contribution in [0.3, 0.4) is 0 Å². The Balaban J connectivity index is 2.12. The van der Waals surface area contributed by atoms with Crippen molar-refractivity contribution in [2.75, 3.05) is 13.2 Å². The Hall–Kier alpha value is -3.80. The molecule has 0 N–H and O–H groups in total. The van der Waals surface area contributed by atoms with Crippen molar-refractivity contribution >= 4 is 33.5 Å². The molecular weight excluding hydrogens is 456 g/mol. The fraction of sp³-hybridized carbons (Fsp3) is 0.333. The van der Waals surface area contributed by atoms with E-state index in [0.29, 0.717) is 11.5 Å². The predicted molar refractivity (Wildman–Crippen MR) is 143 cm³/mol. The minimum absolute atomic E-state index is 0.0850. The van der Waals surface area contributed by atoms with Crippen LogP contribution in [0.2, 0.25) is 0 Å². The summed E-state index contributed by atoms with van der Waals surface area (Å²) in [4.78, 5) is 23.2. The molecule has 0 aliphatic carbocycles. The van der Waals surface area contributed by atoms with Crippen LogP contribution in [0.5, 0.6) is 11.5 Å². The van der Waals surface area contributed by atoms with Gasteiger partial charge in [-0.3, -0.25) is 0 Å². The van der Waals surface area contributed by atoms with Gasteiger partial charge in [0.2, 0.25) is 0 Å². The minimum atomic E-state index is -0.495. The maximum absolute atomic E-state index is 11.6. The Labute approximate surface area is 212 Å². The van der Waals surface area contributed by atoms with E-state index < -0.39 is 24.1 Å². The van der Waals surface area contributed by atoms with E-state index in [2.05, 4.69) is 46.1 Å². The molecule has 0 saturated carbocycles. The molecule has 2 unspecified atom stereocenters. The molecule has 0 aliphatic heterocycles. The third-order valence-corrected chi connectivity index (χ3v) is 5.68. The van der Waals surface area contributed by atoms with Gasteiger partial charge < -0.3 is 18.9 Å². The molecule has 0 aliphatic rings. The molecule has 0 saturated heterocycles. The second-order valence-electron chi connectivity index (χ2n) is 9.74. The maximum atomic E-state index is 11.6. The fourth-order valence-corrected chi connectivity index (χ4v) is 3.84. The van der Waals surface area contributed by atoms with Crippen molar-refractivity contribution in [3.8, 4) is 11.5 Å². The SMILES string of the molecule is C=CC(=O)OC(C)COc1c2ccccc2c(OCC(C)OC(=O)C=C)c2cc(C(C)(C)C)ccc12. The number of hydrogen-bond donors (Lipinski definition) is 0. The van der Waals surface area contributed by atoms with Gasteiger partial charge >= 0.3 is 11.9 Å². The maximum Gasteiger partial charge on any atom is 0.330 e. The quantitative estimate of drug-likeness (QED) is 0.189. The van der Waals surface area contributed by atoms with Crippen LogP contribution in [0, 0.1) is 0 Å². The van der Waals surface area contributed by atoms with Gasteiger partial charge in [-0.15, -0.1) is 0 Å². The fourth-order valence-electron chi connectivity index (χ4n) is 3.84. The van der Waals surface area contributed by atoms with E-state index in [-0.39, 0.29) is 18.6 Å². The summed E-state index contributed by atoms with van der Waals surface area (Å²) in [6.45, 7) is 17.2. The van der Waals surface area contributed by atoms with Gasteiger partial charge in [0.1, 0.15) is 36.9 Å². The normalized spacial score (nSPS) is 13.0. The number of benzene rings is 3. The molecule has 0 fully saturated rings. The number of carbonyl (C=O) groups is 2. The standard InChI is InChI=1S/C30H34O6/c1-8-26(31)35-19(3)17-33-28-22-12-10-11-13-23(22)29(34-18-20(4)36-27(32)9-2)25-16-21(30(5,6)7)14-15-24(25)28/h8-16,19-20H,1-2,17-18H2,3-7H3. The first kappa shape index (κ1) is 26.8. The highest BCUT2D eigenvalue weighted by Gasteiger charge is 2.21. The average Bonchev–Trinajstić information content (AvgIpc) is 2.84. The summed E-state index contributed by atoms with van der Waals surface area (Å²) in [5.41, 5.74) is 1.05. The lowest BCUT2D eigenvalue weighted by Crippen LogP contribution is -2.21. The average molecular weight is 491 g/mol. The van der Waals surface area contributed by atoms with Crippen LogP contribution in [0.4, 0.5) is 0 Å². The Morgan fingerprint density at radius 1 is 0.778 bits per heavy atom. The van der Waals surface area contributed by atoms with Crippen molar-refractivity contribution in [3.05, 3.63) is 73.3 Å². The Morgan fingerprint density at radius 3 is 1.67 bits per heavy atom. The number of esters is 2. The second kappa shape index (κ2) is 11.3. The highest BCUT2D eigenvalue weighted by Crippen LogP contribution is 2.44. The first-order valence-electron chi connectivity index (χ1n) is 12.0. The summed E-state index contributed by atoms with van der Waals surface area (Å²) in [7, 11) is 0. The molecule has 2 atom stereocenters. The third-order valence-electron chi connectivity index (χ3n) is 5.68. The lowest BCUT2D eigenvalue weighted by molar-refractivity contribution is -0.144. The van der Waals surface area contributed by atoms with Crippen LogP contribution < -0.4 is 9.47 Å². The molecule has 0 heterocycles. The molecule has 0 spiro atoms. The van der Waals surface area contributed by atoms with Crippen LogP contribution in [0.1, 0.15) is 40.2 Å². The van der Waals surface area contributed by atoms with Gasteiger partial charge in [0.25, 0.3) is 0 Å². The molecule has 3 rings (SSSR count). The molecular formula is C30H34O6. The molecule has 0 amide bonds. The van der Waals surface area contributed by atoms with Crippen LogP contribution >= 0.6 is 0 Å². The van der Waals surface area contributed by atoms with E-state index in [1.165, 1.54) is 0 Å². The topological polar surface area (TPSA) is 71.1 Å². The van der Waals surface area contributed by atoms with Crippen LogP contribution in [0.25, 0.3) is 21.5 Å². The van der Waals surface area contributed by atoms with Crippen molar-refractivity contribution in [1.29, 1.82) is 0 Å². The third kappa shape index (κ3) is 6.25.